The third-order valence-corrected chi connectivity index (χ3v) is 13.6. The molecule has 2 radical (unpaired) electrons. The first-order chi connectivity index (χ1) is 36.5. The molecular formula is C46H61BN12O16S2. The zero-order valence-electron chi connectivity index (χ0n) is 41.8. The lowest BCUT2D eigenvalue weighted by Crippen LogP contribution is -2.51. The number of nitrogens with zero attached hydrogens (tertiary/aromatic N) is 5. The van der Waals surface area contributed by atoms with E-state index < -0.39 is 98.0 Å². The highest BCUT2D eigenvalue weighted by molar-refractivity contribution is 7.91. The number of ether oxygens (including phenoxy) is 2. The normalized spacial score (nSPS) is 12.6. The Balaban J connectivity index is 1.30. The Morgan fingerprint density at radius 3 is 1.79 bits per heavy atom. The molecule has 0 bridgehead atoms. The van der Waals surface area contributed by atoms with Crippen molar-refractivity contribution in [1.82, 2.24) is 51.8 Å². The second-order valence-corrected chi connectivity index (χ2v) is 20.2. The quantitative estimate of drug-likeness (QED) is 0.0158. The highest BCUT2D eigenvalue weighted by Gasteiger charge is 2.33. The molecule has 12 N–H and O–H groups in total. The van der Waals surface area contributed by atoms with Crippen molar-refractivity contribution in [2.45, 2.75) is 106 Å². The van der Waals surface area contributed by atoms with Crippen LogP contribution in [0.3, 0.4) is 0 Å². The molecule has 0 unspecified atom stereocenters. The van der Waals surface area contributed by atoms with Gasteiger partial charge in [-0.2, -0.15) is 0 Å². The molecule has 0 saturated heterocycles. The minimum atomic E-state index is -4.07. The number of carboxylic acids is 2. The summed E-state index contributed by atoms with van der Waals surface area (Å²) in [5, 5.41) is 74.3. The Bertz CT molecular complexity index is 2700. The van der Waals surface area contributed by atoms with E-state index >= 15 is 0 Å². The van der Waals surface area contributed by atoms with Crippen LogP contribution in [-0.4, -0.2) is 167 Å². The Hall–Kier alpha value is -7.61. The number of carboxylic acid groups (broad SMARTS) is 2. The van der Waals surface area contributed by atoms with Crippen molar-refractivity contribution >= 4 is 81.6 Å². The van der Waals surface area contributed by atoms with Gasteiger partial charge in [-0.25, -0.2) is 23.1 Å². The standard InChI is InChI=1S/C46H61BN12O16S2/c1-46(28-8-12-31(60)13-9-28,29-10-14-32(61)15-11-29)17-16-37(63)52-34(41(67)68)25-39(65)53-35(42(69)70)26-38(64)51-33(40(66)49-18-21-74-23-24-75-22-19-50-43(47)71)6-2-3-20-59-27-30(55-58-59)5-4-7-36(62)54-44-56-57-45(76-44)77(48,72)73/h8-15,27,33-35,60-61H,2-7,16-26H2,1H3,(H,49,66)(H,50,71)(H,51,64)(H,52,63)(H,53,65)(H,67,68)(H,69,70)(H2,48,72,73)(H,54,56,62)/t33-,34-,35-/m0/s1. The zero-order chi connectivity index (χ0) is 56.5. The van der Waals surface area contributed by atoms with Gasteiger partial charge in [-0.1, -0.05) is 47.7 Å². The summed E-state index contributed by atoms with van der Waals surface area (Å²) >= 11 is 0.612. The highest BCUT2D eigenvalue weighted by Crippen LogP contribution is 2.38. The predicted octanol–water partition coefficient (Wildman–Crippen LogP) is -0.462. The summed E-state index contributed by atoms with van der Waals surface area (Å²) in [4.78, 5) is 101. The van der Waals surface area contributed by atoms with Gasteiger partial charge in [-0.3, -0.25) is 33.4 Å². The maximum absolute atomic E-state index is 13.4. The number of aliphatic carboxylic acids is 2. The SMILES string of the molecule is [B]C(=O)NCCOCCOCCNC(=O)[C@H](CCCCn1cc(CCCC(=O)Nc2nnc(S(N)(=O)=O)s2)nn1)NC(=O)C[C@H](NC(=O)C[C@H](NC(=O)CCC(C)(c1ccc(O)cc1)c1ccc(O)cc1)C(=O)O)C(=O)O. The number of carbonyl (C=O) groups is 8. The van der Waals surface area contributed by atoms with E-state index in [2.05, 4.69) is 52.4 Å². The van der Waals surface area contributed by atoms with E-state index in [0.29, 0.717) is 60.4 Å². The van der Waals surface area contributed by atoms with E-state index in [1.54, 1.807) is 35.1 Å². The number of amides is 6. The van der Waals surface area contributed by atoms with Gasteiger partial charge in [0.1, 0.15) is 29.6 Å². The molecular weight excluding hydrogens is 1050 g/mol. The van der Waals surface area contributed by atoms with Crippen LogP contribution >= 0.6 is 11.3 Å². The molecule has 0 aliphatic carbocycles. The fraction of sp³-hybridized carbons (Fsp3) is 0.478. The molecule has 2 aromatic carbocycles. The van der Waals surface area contributed by atoms with Crippen molar-refractivity contribution in [3.05, 3.63) is 71.5 Å². The van der Waals surface area contributed by atoms with Crippen molar-refractivity contribution in [3.63, 3.8) is 0 Å². The maximum atomic E-state index is 13.4. The third kappa shape index (κ3) is 22.3. The number of anilines is 1. The average Bonchev–Trinajstić information content (AvgIpc) is 4.04. The van der Waals surface area contributed by atoms with Crippen molar-refractivity contribution < 1.29 is 76.7 Å². The summed E-state index contributed by atoms with van der Waals surface area (Å²) in [5.74, 6) is -7.82. The summed E-state index contributed by atoms with van der Waals surface area (Å²) in [7, 11) is 0.936. The van der Waals surface area contributed by atoms with E-state index in [-0.39, 0.29) is 81.8 Å². The molecule has 0 spiro atoms. The van der Waals surface area contributed by atoms with Crippen LogP contribution in [0.5, 0.6) is 11.5 Å². The topological polar surface area (TPSA) is 425 Å². The molecule has 31 heteroatoms. The van der Waals surface area contributed by atoms with Gasteiger partial charge in [0.05, 0.1) is 45.0 Å². The second kappa shape index (κ2) is 30.8. The van der Waals surface area contributed by atoms with E-state index in [9.17, 15) is 67.2 Å². The third-order valence-electron chi connectivity index (χ3n) is 11.5. The van der Waals surface area contributed by atoms with E-state index in [1.165, 1.54) is 24.3 Å². The summed E-state index contributed by atoms with van der Waals surface area (Å²) in [6, 6.07) is 7.64. The predicted molar refractivity (Wildman–Crippen MR) is 273 cm³/mol. The first-order valence-electron chi connectivity index (χ1n) is 24.0. The van der Waals surface area contributed by atoms with Crippen molar-refractivity contribution in [1.29, 1.82) is 0 Å². The Kier molecular flexibility index (Phi) is 24.8. The highest BCUT2D eigenvalue weighted by atomic mass is 32.2. The van der Waals surface area contributed by atoms with Gasteiger partial charge in [0.15, 0.2) is 13.7 Å². The number of rotatable bonds is 35. The number of primary sulfonamides is 1. The number of aromatic nitrogens is 5. The molecule has 2 heterocycles. The lowest BCUT2D eigenvalue weighted by Gasteiger charge is -2.31. The van der Waals surface area contributed by atoms with Crippen LogP contribution in [0.4, 0.5) is 9.93 Å². The molecule has 3 atom stereocenters. The number of hydrogen-bond donors (Lipinski definition) is 11. The van der Waals surface area contributed by atoms with E-state index in [4.69, 9.17) is 22.5 Å². The molecule has 0 fully saturated rings. The molecule has 77 heavy (non-hydrogen) atoms. The number of phenols is 2. The molecule has 0 aliphatic rings. The molecule has 4 aromatic rings. The van der Waals surface area contributed by atoms with Crippen molar-refractivity contribution in [3.8, 4) is 11.5 Å². The van der Waals surface area contributed by atoms with Crippen LogP contribution in [0.25, 0.3) is 0 Å². The molecule has 416 valence electrons. The molecule has 6 amide bonds. The molecule has 0 aliphatic heterocycles. The fourth-order valence-electron chi connectivity index (χ4n) is 7.40. The minimum absolute atomic E-state index is 0.00470. The van der Waals surface area contributed by atoms with Crippen LogP contribution in [-0.2, 0) is 71.4 Å². The Labute approximate surface area is 447 Å². The van der Waals surface area contributed by atoms with Gasteiger partial charge >= 0.3 is 11.9 Å². The number of sulfonamides is 1. The zero-order valence-corrected chi connectivity index (χ0v) is 43.5. The molecule has 2 aromatic heterocycles. The van der Waals surface area contributed by atoms with E-state index in [1.807, 2.05) is 6.92 Å². The van der Waals surface area contributed by atoms with Gasteiger partial charge < -0.3 is 61.8 Å². The van der Waals surface area contributed by atoms with Crippen molar-refractivity contribution in [2.75, 3.05) is 44.8 Å². The lowest BCUT2D eigenvalue weighted by atomic mass is 9.73. The Morgan fingerprint density at radius 1 is 0.714 bits per heavy atom. The van der Waals surface area contributed by atoms with Crippen LogP contribution in [0.1, 0.15) is 81.5 Å². The first kappa shape index (κ1) is 61.9. The lowest BCUT2D eigenvalue weighted by molar-refractivity contribution is -0.145. The summed E-state index contributed by atoms with van der Waals surface area (Å²) < 4.78 is 34.7. The number of hydrogen-bond acceptors (Lipinski definition) is 19. The van der Waals surface area contributed by atoms with Crippen LogP contribution in [0.15, 0.2) is 59.1 Å². The molecule has 0 saturated carbocycles. The number of phenolic OH excluding ortho intramolecular Hbond substituents is 2. The number of aromatic hydroxyl groups is 2. The van der Waals surface area contributed by atoms with Crippen LogP contribution in [0.2, 0.25) is 0 Å². The Morgan fingerprint density at radius 2 is 1.26 bits per heavy atom. The number of nitrogens with two attached hydrogens (primary N) is 1. The van der Waals surface area contributed by atoms with Gasteiger partial charge in [0, 0.05) is 44.1 Å². The van der Waals surface area contributed by atoms with E-state index in [0.717, 1.165) is 0 Å². The summed E-state index contributed by atoms with van der Waals surface area (Å²) in [6.07, 6.45) is 1.36. The summed E-state index contributed by atoms with van der Waals surface area (Å²) in [6.45, 7) is 2.92. The number of unbranched alkanes of at least 4 members (excludes halogenated alkanes) is 1. The maximum Gasteiger partial charge on any atom is 0.326 e. The van der Waals surface area contributed by atoms with Gasteiger partial charge in [0.2, 0.25) is 39.0 Å². The molecule has 28 nitrogen and oxygen atoms in total. The second-order valence-electron chi connectivity index (χ2n) is 17.5. The number of aryl methyl sites for hydroxylation is 2. The number of carbonyl (C=O) groups excluding carboxylic acids is 6. The van der Waals surface area contributed by atoms with Crippen molar-refractivity contribution in [2.24, 2.45) is 5.14 Å². The average molecular weight is 1110 g/mol. The monoisotopic (exact) mass is 1110 g/mol. The fourth-order valence-corrected chi connectivity index (χ4v) is 8.75. The van der Waals surface area contributed by atoms with Crippen LogP contribution in [0, 0.1) is 0 Å². The summed E-state index contributed by atoms with van der Waals surface area (Å²) in [5.41, 5.74) is 1.10. The van der Waals surface area contributed by atoms with Gasteiger partial charge in [0.25, 0.3) is 10.0 Å². The number of nitrogens with one attached hydrogen (secondary N) is 6. The number of benzene rings is 2. The minimum Gasteiger partial charge on any atom is -0.508 e. The first-order valence-corrected chi connectivity index (χ1v) is 26.3. The largest absolute Gasteiger partial charge is 0.508 e. The van der Waals surface area contributed by atoms with Gasteiger partial charge in [-0.05, 0) is 73.9 Å². The van der Waals surface area contributed by atoms with Gasteiger partial charge in [-0.15, -0.1) is 15.3 Å². The molecule has 4 rings (SSSR count). The smallest absolute Gasteiger partial charge is 0.326 e. The van der Waals surface area contributed by atoms with Crippen LogP contribution < -0.4 is 37.0 Å².